The Morgan fingerprint density at radius 1 is 1.37 bits per heavy atom. The summed E-state index contributed by atoms with van der Waals surface area (Å²) in [4.78, 5) is 23.9. The molecule has 1 amide bonds. The monoisotopic (exact) mass is 374 g/mol. The van der Waals surface area contributed by atoms with Gasteiger partial charge in [0, 0.05) is 16.8 Å². The number of carbonyl (C=O) groups is 2. The number of ether oxygens (including phenoxy) is 1. The summed E-state index contributed by atoms with van der Waals surface area (Å²) in [6.45, 7) is 10.8. The van der Waals surface area contributed by atoms with Crippen molar-refractivity contribution in [1.29, 1.82) is 0 Å². The molecule has 1 aromatic heterocycles. The van der Waals surface area contributed by atoms with Crippen molar-refractivity contribution in [1.82, 2.24) is 15.2 Å². The molecule has 0 radical (unpaired) electrons. The van der Waals surface area contributed by atoms with E-state index < -0.39 is 11.9 Å². The van der Waals surface area contributed by atoms with Crippen LogP contribution in [0.5, 0.6) is 0 Å². The molecule has 2 atom stereocenters. The molecule has 0 aliphatic heterocycles. The predicted molar refractivity (Wildman–Crippen MR) is 102 cm³/mol. The van der Waals surface area contributed by atoms with Gasteiger partial charge in [-0.1, -0.05) is 20.8 Å². The third-order valence-corrected chi connectivity index (χ3v) is 6.82. The summed E-state index contributed by atoms with van der Waals surface area (Å²) in [5.41, 5.74) is 5.80. The van der Waals surface area contributed by atoms with Crippen LogP contribution >= 0.6 is 0 Å². The lowest BCUT2D eigenvalue weighted by Crippen LogP contribution is -2.35. The number of carbonyl (C=O) groups excluding carboxylic acids is 2. The van der Waals surface area contributed by atoms with Crippen LogP contribution < -0.4 is 5.43 Å². The molecule has 7 nitrogen and oxygen atoms in total. The first-order chi connectivity index (χ1) is 12.6. The molecule has 1 heterocycles. The number of esters is 1. The van der Waals surface area contributed by atoms with Crippen molar-refractivity contribution in [3.63, 3.8) is 0 Å². The van der Waals surface area contributed by atoms with Crippen LogP contribution in [0.4, 0.5) is 0 Å². The second kappa shape index (κ2) is 7.09. The number of rotatable bonds is 6. The lowest BCUT2D eigenvalue weighted by molar-refractivity contribution is -0.148. The van der Waals surface area contributed by atoms with Gasteiger partial charge in [0.25, 0.3) is 5.91 Å². The summed E-state index contributed by atoms with van der Waals surface area (Å²) in [6, 6.07) is 1.95. The molecular formula is C20H30N4O3. The Balaban J connectivity index is 1.44. The number of aryl methyl sites for hydroxylation is 3. The summed E-state index contributed by atoms with van der Waals surface area (Å²) >= 11 is 0. The molecule has 2 aliphatic carbocycles. The van der Waals surface area contributed by atoms with Crippen molar-refractivity contribution < 1.29 is 14.3 Å². The number of aromatic nitrogens is 2. The third-order valence-electron chi connectivity index (χ3n) is 6.82. The fourth-order valence-corrected chi connectivity index (χ4v) is 4.58. The molecule has 2 saturated carbocycles. The van der Waals surface area contributed by atoms with E-state index in [0.717, 1.165) is 29.9 Å². The Labute approximate surface area is 160 Å². The zero-order valence-corrected chi connectivity index (χ0v) is 17.0. The predicted octanol–water partition coefficient (Wildman–Crippen LogP) is 2.75. The number of nitrogens with one attached hydrogen (secondary N) is 1. The maximum absolute atomic E-state index is 12.0. The highest BCUT2D eigenvalue weighted by Crippen LogP contribution is 2.63. The Bertz CT molecular complexity index is 780. The number of fused-ring (bicyclic) bond motifs is 2. The zero-order valence-electron chi connectivity index (χ0n) is 17.0. The van der Waals surface area contributed by atoms with Gasteiger partial charge >= 0.3 is 5.97 Å². The van der Waals surface area contributed by atoms with Gasteiger partial charge in [0.15, 0.2) is 6.61 Å². The largest absolute Gasteiger partial charge is 0.455 e. The topological polar surface area (TPSA) is 85.6 Å². The van der Waals surface area contributed by atoms with Crippen LogP contribution in [-0.4, -0.2) is 34.0 Å². The van der Waals surface area contributed by atoms with Gasteiger partial charge in [0.05, 0.1) is 18.7 Å². The van der Waals surface area contributed by atoms with E-state index in [1.54, 1.807) is 4.68 Å². The Hall–Kier alpha value is -2.18. The van der Waals surface area contributed by atoms with Crippen LogP contribution in [-0.2, 0) is 20.9 Å². The van der Waals surface area contributed by atoms with E-state index in [2.05, 4.69) is 36.4 Å². The van der Waals surface area contributed by atoms with Crippen molar-refractivity contribution in [3.8, 4) is 0 Å². The Morgan fingerprint density at radius 2 is 2.11 bits per heavy atom. The van der Waals surface area contributed by atoms with Crippen LogP contribution in [0.1, 0.15) is 57.8 Å². The summed E-state index contributed by atoms with van der Waals surface area (Å²) < 4.78 is 6.82. The molecule has 7 heteroatoms. The van der Waals surface area contributed by atoms with Crippen molar-refractivity contribution in [3.05, 3.63) is 17.5 Å². The number of nitrogens with zero attached hydrogens (tertiary/aromatic N) is 3. The minimum atomic E-state index is -0.418. The van der Waals surface area contributed by atoms with Gasteiger partial charge in [-0.05, 0) is 50.5 Å². The van der Waals surface area contributed by atoms with Gasteiger partial charge in [0.2, 0.25) is 0 Å². The van der Waals surface area contributed by atoms with E-state index >= 15 is 0 Å². The molecule has 1 N–H and O–H groups in total. The molecule has 27 heavy (non-hydrogen) atoms. The van der Waals surface area contributed by atoms with Gasteiger partial charge in [-0.3, -0.25) is 14.3 Å². The highest BCUT2D eigenvalue weighted by molar-refractivity contribution is 5.95. The average molecular weight is 374 g/mol. The summed E-state index contributed by atoms with van der Waals surface area (Å²) in [7, 11) is 0. The van der Waals surface area contributed by atoms with Crippen LogP contribution in [0, 0.1) is 30.6 Å². The first-order valence-electron chi connectivity index (χ1n) is 9.66. The van der Waals surface area contributed by atoms with Crippen molar-refractivity contribution in [2.24, 2.45) is 21.8 Å². The fourth-order valence-electron chi connectivity index (χ4n) is 4.58. The van der Waals surface area contributed by atoms with Gasteiger partial charge in [0.1, 0.15) is 0 Å². The van der Waals surface area contributed by atoms with E-state index in [0.29, 0.717) is 12.5 Å². The molecule has 3 rings (SSSR count). The first-order valence-corrected chi connectivity index (χ1v) is 9.66. The van der Waals surface area contributed by atoms with Crippen LogP contribution in [0.2, 0.25) is 0 Å². The normalized spacial score (nSPS) is 27.1. The summed E-state index contributed by atoms with van der Waals surface area (Å²) in [6.07, 6.45) is 3.45. The molecule has 1 aromatic rings. The van der Waals surface area contributed by atoms with E-state index in [4.69, 9.17) is 4.74 Å². The van der Waals surface area contributed by atoms with Gasteiger partial charge < -0.3 is 4.74 Å². The highest BCUT2D eigenvalue weighted by Gasteiger charge is 2.60. The third kappa shape index (κ3) is 3.64. The van der Waals surface area contributed by atoms with Crippen LogP contribution in [0.15, 0.2) is 11.2 Å². The standard InChI is InChI=1S/C20H30N4O3/c1-13-10-14(2)24(23-13)9-7-18(26)27-12-17(25)22-21-16-11-15-6-8-20(16,5)19(15,3)4/h10,15H,6-9,11-12H2,1-5H3,(H,22,25)/b21-16+. The van der Waals surface area contributed by atoms with Gasteiger partial charge in [-0.2, -0.15) is 10.2 Å². The maximum atomic E-state index is 12.0. The summed E-state index contributed by atoms with van der Waals surface area (Å²) in [5, 5.41) is 8.67. The van der Waals surface area contributed by atoms with E-state index in [1.807, 2.05) is 19.9 Å². The molecule has 2 bridgehead atoms. The molecule has 2 unspecified atom stereocenters. The smallest absolute Gasteiger partial charge is 0.308 e. The highest BCUT2D eigenvalue weighted by atomic mass is 16.5. The Kier molecular flexibility index (Phi) is 5.14. The van der Waals surface area contributed by atoms with E-state index in [9.17, 15) is 9.59 Å². The second-order valence-electron chi connectivity index (χ2n) is 8.65. The van der Waals surface area contributed by atoms with E-state index in [-0.39, 0.29) is 23.9 Å². The SMILES string of the molecule is Cc1cc(C)n(CCC(=O)OCC(=O)N/N=C2\CC3CCC2(C)C3(C)C)n1. The molecule has 2 fully saturated rings. The number of amides is 1. The minimum absolute atomic E-state index is 0.0430. The minimum Gasteiger partial charge on any atom is -0.455 e. The van der Waals surface area contributed by atoms with Gasteiger partial charge in [-0.25, -0.2) is 5.43 Å². The lowest BCUT2D eigenvalue weighted by atomic mass is 9.70. The quantitative estimate of drug-likeness (QED) is 0.613. The Morgan fingerprint density at radius 3 is 2.67 bits per heavy atom. The fraction of sp³-hybridized carbons (Fsp3) is 0.700. The van der Waals surface area contributed by atoms with Crippen molar-refractivity contribution in [2.75, 3.05) is 6.61 Å². The second-order valence-corrected chi connectivity index (χ2v) is 8.65. The molecule has 2 aliphatic rings. The molecule has 148 valence electrons. The molecular weight excluding hydrogens is 344 g/mol. The molecule has 0 spiro atoms. The van der Waals surface area contributed by atoms with Crippen molar-refractivity contribution in [2.45, 2.75) is 66.8 Å². The average Bonchev–Trinajstić information content (AvgIpc) is 3.11. The molecule has 0 saturated heterocycles. The van der Waals surface area contributed by atoms with Crippen LogP contribution in [0.3, 0.4) is 0 Å². The van der Waals surface area contributed by atoms with Crippen molar-refractivity contribution >= 4 is 17.6 Å². The molecule has 0 aromatic carbocycles. The number of hydrogen-bond donors (Lipinski definition) is 1. The van der Waals surface area contributed by atoms with Gasteiger partial charge in [-0.15, -0.1) is 0 Å². The summed E-state index contributed by atoms with van der Waals surface area (Å²) in [5.74, 6) is -0.185. The maximum Gasteiger partial charge on any atom is 0.308 e. The first kappa shape index (κ1) is 19.6. The van der Waals surface area contributed by atoms with Crippen LogP contribution in [0.25, 0.3) is 0 Å². The van der Waals surface area contributed by atoms with E-state index in [1.165, 1.54) is 6.42 Å². The number of hydrazone groups is 1. The lowest BCUT2D eigenvalue weighted by Gasteiger charge is -2.34. The number of hydrogen-bond acceptors (Lipinski definition) is 5. The zero-order chi connectivity index (χ0) is 19.8.